The molecule has 0 unspecified atom stereocenters. The Balaban J connectivity index is 1.84. The van der Waals surface area contributed by atoms with Crippen LogP contribution in [0.25, 0.3) is 27.9 Å². The van der Waals surface area contributed by atoms with Gasteiger partial charge in [0.2, 0.25) is 0 Å². The monoisotopic (exact) mass is 335 g/mol. The Bertz CT molecular complexity index is 1030. The maximum atomic E-state index is 12.3. The lowest BCUT2D eigenvalue weighted by atomic mass is 10.1. The van der Waals surface area contributed by atoms with Crippen LogP contribution in [-0.4, -0.2) is 27.0 Å². The number of hydrogen-bond acceptors (Lipinski definition) is 2. The van der Waals surface area contributed by atoms with Gasteiger partial charge in [-0.15, -0.1) is 0 Å². The summed E-state index contributed by atoms with van der Waals surface area (Å²) in [5, 5.41) is 5.88. The highest BCUT2D eigenvalue weighted by Crippen LogP contribution is 2.29. The number of fused-ring (bicyclic) bond motifs is 3. The van der Waals surface area contributed by atoms with Crippen molar-refractivity contribution in [1.29, 1.82) is 0 Å². The molecule has 120 valence electrons. The summed E-state index contributed by atoms with van der Waals surface area (Å²) >= 11 is 5.20. The van der Waals surface area contributed by atoms with Gasteiger partial charge in [-0.05, 0) is 49.0 Å². The number of hydrogen-bond donors (Lipinski definition) is 1. The molecule has 0 aliphatic carbocycles. The first-order chi connectivity index (χ1) is 11.6. The molecule has 0 spiro atoms. The molecule has 1 saturated heterocycles. The van der Waals surface area contributed by atoms with Gasteiger partial charge in [-0.3, -0.25) is 9.69 Å². The first-order valence-corrected chi connectivity index (χ1v) is 8.32. The maximum Gasteiger partial charge on any atom is 0.276 e. The van der Waals surface area contributed by atoms with E-state index in [9.17, 15) is 4.79 Å². The summed E-state index contributed by atoms with van der Waals surface area (Å²) < 4.78 is 2.19. The molecular formula is C19H17N3OS. The van der Waals surface area contributed by atoms with Gasteiger partial charge in [-0.25, -0.2) is 0 Å². The first-order valence-electron chi connectivity index (χ1n) is 7.92. The van der Waals surface area contributed by atoms with E-state index in [4.69, 9.17) is 12.2 Å². The van der Waals surface area contributed by atoms with E-state index >= 15 is 0 Å². The molecule has 1 N–H and O–H groups in total. The summed E-state index contributed by atoms with van der Waals surface area (Å²) in [5.74, 6) is -0.0690. The van der Waals surface area contributed by atoms with Gasteiger partial charge in [-0.2, -0.15) is 0 Å². The van der Waals surface area contributed by atoms with Gasteiger partial charge in [0.25, 0.3) is 5.91 Å². The summed E-state index contributed by atoms with van der Waals surface area (Å²) in [6.07, 6.45) is 1.87. The molecule has 1 aliphatic rings. The zero-order valence-electron chi connectivity index (χ0n) is 13.5. The number of rotatable bonds is 2. The second-order valence-electron chi connectivity index (χ2n) is 5.89. The Morgan fingerprint density at radius 1 is 1.12 bits per heavy atom. The van der Waals surface area contributed by atoms with E-state index in [-0.39, 0.29) is 5.91 Å². The molecule has 0 atom stereocenters. The second kappa shape index (κ2) is 5.46. The van der Waals surface area contributed by atoms with Gasteiger partial charge < -0.3 is 9.88 Å². The zero-order chi connectivity index (χ0) is 16.8. The molecule has 2 heterocycles. The van der Waals surface area contributed by atoms with E-state index in [1.807, 2.05) is 31.2 Å². The van der Waals surface area contributed by atoms with Crippen LogP contribution in [0.2, 0.25) is 0 Å². The number of likely N-dealkylation sites (N-methyl/N-ethyl adjacent to an activating group) is 1. The molecule has 1 fully saturated rings. The fraction of sp³-hybridized carbons (Fsp3) is 0.158. The highest BCUT2D eigenvalue weighted by Gasteiger charge is 2.28. The third kappa shape index (κ3) is 2.12. The number of nitrogens with one attached hydrogen (secondary N) is 1. The second-order valence-corrected chi connectivity index (χ2v) is 6.28. The van der Waals surface area contributed by atoms with Crippen LogP contribution in [0.5, 0.6) is 0 Å². The number of benzene rings is 2. The number of nitrogens with zero attached hydrogens (tertiary/aromatic N) is 2. The number of aromatic nitrogens is 1. The van der Waals surface area contributed by atoms with Crippen LogP contribution in [0.15, 0.2) is 48.2 Å². The summed E-state index contributed by atoms with van der Waals surface area (Å²) in [7, 11) is 2.07. The van der Waals surface area contributed by atoms with E-state index < -0.39 is 0 Å². The minimum Gasteiger partial charge on any atom is -0.344 e. The van der Waals surface area contributed by atoms with E-state index in [0.29, 0.717) is 17.4 Å². The number of carbonyl (C=O) groups excluding carboxylic acids is 1. The van der Waals surface area contributed by atoms with Crippen LogP contribution in [0, 0.1) is 0 Å². The summed E-state index contributed by atoms with van der Waals surface area (Å²) in [6, 6.07) is 14.6. The van der Waals surface area contributed by atoms with Crippen LogP contribution in [0.4, 0.5) is 0 Å². The summed E-state index contributed by atoms with van der Waals surface area (Å²) in [4.78, 5) is 13.9. The third-order valence-corrected chi connectivity index (χ3v) is 4.85. The molecule has 4 nitrogen and oxygen atoms in total. The molecular weight excluding hydrogens is 318 g/mol. The van der Waals surface area contributed by atoms with Crippen molar-refractivity contribution in [2.45, 2.75) is 6.92 Å². The molecule has 1 aromatic heterocycles. The smallest absolute Gasteiger partial charge is 0.276 e. The number of thiocarbonyl (C=S) groups is 1. The Labute approximate surface area is 145 Å². The van der Waals surface area contributed by atoms with E-state index in [2.05, 4.69) is 41.2 Å². The third-order valence-electron chi connectivity index (χ3n) is 4.53. The number of para-hydroxylation sites is 1. The molecule has 2 aromatic carbocycles. The van der Waals surface area contributed by atoms with Crippen LogP contribution >= 0.6 is 12.2 Å². The Morgan fingerprint density at radius 3 is 2.62 bits per heavy atom. The molecule has 5 heteroatoms. The lowest BCUT2D eigenvalue weighted by Crippen LogP contribution is -2.30. The first kappa shape index (κ1) is 14.9. The molecule has 1 amide bonds. The SMILES string of the molecule is CCN1C(=O)C(=Cc2ccc3c(c2)c2ccccc2n3C)NC1=S. The Morgan fingerprint density at radius 2 is 1.88 bits per heavy atom. The van der Waals surface area contributed by atoms with Crippen molar-refractivity contribution >= 4 is 51.1 Å². The van der Waals surface area contributed by atoms with E-state index in [1.54, 1.807) is 4.90 Å². The fourth-order valence-corrected chi connectivity index (χ4v) is 3.62. The van der Waals surface area contributed by atoms with Gasteiger partial charge in [0.05, 0.1) is 0 Å². The number of amides is 1. The quantitative estimate of drug-likeness (QED) is 0.576. The molecule has 24 heavy (non-hydrogen) atoms. The minimum atomic E-state index is -0.0690. The van der Waals surface area contributed by atoms with Gasteiger partial charge >= 0.3 is 0 Å². The van der Waals surface area contributed by atoms with Crippen molar-refractivity contribution < 1.29 is 4.79 Å². The lowest BCUT2D eigenvalue weighted by Gasteiger charge is -2.08. The molecule has 0 bridgehead atoms. The molecule has 0 saturated carbocycles. The van der Waals surface area contributed by atoms with Crippen LogP contribution in [0.3, 0.4) is 0 Å². The number of carbonyl (C=O) groups is 1. The van der Waals surface area contributed by atoms with E-state index in [1.165, 1.54) is 21.8 Å². The van der Waals surface area contributed by atoms with Crippen molar-refractivity contribution in [2.24, 2.45) is 7.05 Å². The predicted molar refractivity (Wildman–Crippen MR) is 102 cm³/mol. The zero-order valence-corrected chi connectivity index (χ0v) is 14.4. The standard InChI is InChI=1S/C19H17N3OS/c1-3-22-18(23)15(20-19(22)24)11-12-8-9-17-14(10-12)13-6-4-5-7-16(13)21(17)2/h4-11H,3H2,1-2H3,(H,20,24). The van der Waals surface area contributed by atoms with Gasteiger partial charge in [0.1, 0.15) is 5.70 Å². The van der Waals surface area contributed by atoms with Crippen molar-refractivity contribution in [1.82, 2.24) is 14.8 Å². The number of aryl methyl sites for hydroxylation is 1. The predicted octanol–water partition coefficient (Wildman–Crippen LogP) is 3.41. The molecule has 0 radical (unpaired) electrons. The van der Waals surface area contributed by atoms with Crippen molar-refractivity contribution in [3.05, 3.63) is 53.7 Å². The van der Waals surface area contributed by atoms with E-state index in [0.717, 1.165) is 5.56 Å². The fourth-order valence-electron chi connectivity index (χ4n) is 3.30. The average Bonchev–Trinajstić information content (AvgIpc) is 3.02. The topological polar surface area (TPSA) is 37.3 Å². The van der Waals surface area contributed by atoms with Crippen LogP contribution < -0.4 is 5.32 Å². The Kier molecular flexibility index (Phi) is 3.39. The normalized spacial score (nSPS) is 16.6. The largest absolute Gasteiger partial charge is 0.344 e. The van der Waals surface area contributed by atoms with Gasteiger partial charge in [0, 0.05) is 35.4 Å². The summed E-state index contributed by atoms with van der Waals surface area (Å²) in [5.41, 5.74) is 3.89. The Hall–Kier alpha value is -2.66. The highest BCUT2D eigenvalue weighted by molar-refractivity contribution is 7.80. The molecule has 3 aromatic rings. The van der Waals surface area contributed by atoms with Crippen molar-refractivity contribution in [2.75, 3.05) is 6.54 Å². The average molecular weight is 335 g/mol. The van der Waals surface area contributed by atoms with Crippen LogP contribution in [0.1, 0.15) is 12.5 Å². The van der Waals surface area contributed by atoms with Crippen molar-refractivity contribution in [3.63, 3.8) is 0 Å². The lowest BCUT2D eigenvalue weighted by molar-refractivity contribution is -0.122. The highest BCUT2D eigenvalue weighted by atomic mass is 32.1. The molecule has 1 aliphatic heterocycles. The maximum absolute atomic E-state index is 12.3. The minimum absolute atomic E-state index is 0.0690. The van der Waals surface area contributed by atoms with Crippen LogP contribution in [-0.2, 0) is 11.8 Å². The molecule has 4 rings (SSSR count). The summed E-state index contributed by atoms with van der Waals surface area (Å²) in [6.45, 7) is 2.49. The van der Waals surface area contributed by atoms with Gasteiger partial charge in [0.15, 0.2) is 5.11 Å². The van der Waals surface area contributed by atoms with Gasteiger partial charge in [-0.1, -0.05) is 24.3 Å². The van der Waals surface area contributed by atoms with Crippen molar-refractivity contribution in [3.8, 4) is 0 Å².